The zero-order valence-electron chi connectivity index (χ0n) is 15.2. The molecule has 2 N–H and O–H groups in total. The average Bonchev–Trinajstić information content (AvgIpc) is 2.70. The molecule has 0 aromatic heterocycles. The fourth-order valence-electron chi connectivity index (χ4n) is 2.93. The summed E-state index contributed by atoms with van der Waals surface area (Å²) in [7, 11) is -4.26. The quantitative estimate of drug-likeness (QED) is 0.740. The zero-order valence-corrected chi connectivity index (χ0v) is 16.0. The first-order valence-electron chi connectivity index (χ1n) is 8.79. The Bertz CT molecular complexity index is 993. The number of amides is 1. The highest BCUT2D eigenvalue weighted by Crippen LogP contribution is 2.30. The van der Waals surface area contributed by atoms with Crippen LogP contribution in [0.2, 0.25) is 0 Å². The first-order valence-corrected chi connectivity index (χ1v) is 10.3. The summed E-state index contributed by atoms with van der Waals surface area (Å²) in [6, 6.07) is 10.9. The van der Waals surface area contributed by atoms with Crippen molar-refractivity contribution >= 4 is 15.9 Å². The smallest absolute Gasteiger partial charge is 0.416 e. The molecular formula is C19H19F3N2O4S. The van der Waals surface area contributed by atoms with E-state index in [-0.39, 0.29) is 5.92 Å². The van der Waals surface area contributed by atoms with Crippen molar-refractivity contribution in [2.24, 2.45) is 5.92 Å². The summed E-state index contributed by atoms with van der Waals surface area (Å²) in [5, 5.41) is 2.62. The first-order chi connectivity index (χ1) is 13.6. The molecule has 0 radical (unpaired) electrons. The number of hydrogen-bond donors (Lipinski definition) is 2. The molecule has 6 nitrogen and oxygen atoms in total. The largest absolute Gasteiger partial charge is 0.493 e. The lowest BCUT2D eigenvalue weighted by molar-refractivity contribution is -0.137. The molecule has 2 aromatic rings. The molecule has 156 valence electrons. The lowest BCUT2D eigenvalue weighted by Crippen LogP contribution is -2.40. The van der Waals surface area contributed by atoms with E-state index in [0.29, 0.717) is 25.6 Å². The summed E-state index contributed by atoms with van der Waals surface area (Å²) in [6.45, 7) is 0.133. The molecule has 0 saturated carbocycles. The maximum Gasteiger partial charge on any atom is 0.416 e. The Balaban J connectivity index is 1.51. The topological polar surface area (TPSA) is 84.5 Å². The van der Waals surface area contributed by atoms with Crippen molar-refractivity contribution in [1.82, 2.24) is 10.0 Å². The Hall–Kier alpha value is -2.59. The molecule has 1 aliphatic rings. The molecule has 0 spiro atoms. The Morgan fingerprint density at radius 2 is 1.90 bits per heavy atom. The number of alkyl halides is 3. The number of ether oxygens (including phenoxy) is 1. The van der Waals surface area contributed by atoms with Gasteiger partial charge in [-0.05, 0) is 36.2 Å². The van der Waals surface area contributed by atoms with E-state index in [0.717, 1.165) is 29.5 Å². The summed E-state index contributed by atoms with van der Waals surface area (Å²) in [5.41, 5.74) is -0.0503. The standard InChI is InChI=1S/C19H19F3N2O4S/c20-19(21,22)15-5-3-6-16(9-15)29(26,27)24-11-18(25)23-10-13-8-14-4-1-2-7-17(14)28-12-13/h1-7,9,13,24H,8,10-12H2,(H,23,25). The molecule has 0 saturated heterocycles. The van der Waals surface area contributed by atoms with Crippen LogP contribution in [-0.2, 0) is 27.4 Å². The average molecular weight is 428 g/mol. The van der Waals surface area contributed by atoms with Crippen molar-refractivity contribution in [2.75, 3.05) is 19.7 Å². The van der Waals surface area contributed by atoms with E-state index in [1.165, 1.54) is 0 Å². The van der Waals surface area contributed by atoms with E-state index in [4.69, 9.17) is 4.74 Å². The number of nitrogens with one attached hydrogen (secondary N) is 2. The van der Waals surface area contributed by atoms with Gasteiger partial charge in [-0.1, -0.05) is 24.3 Å². The van der Waals surface area contributed by atoms with Crippen molar-refractivity contribution < 1.29 is 31.1 Å². The van der Waals surface area contributed by atoms with Crippen molar-refractivity contribution in [3.63, 3.8) is 0 Å². The van der Waals surface area contributed by atoms with Gasteiger partial charge in [0.25, 0.3) is 0 Å². The van der Waals surface area contributed by atoms with E-state index in [1.54, 1.807) is 0 Å². The monoisotopic (exact) mass is 428 g/mol. The van der Waals surface area contributed by atoms with Crippen LogP contribution in [0.15, 0.2) is 53.4 Å². The minimum atomic E-state index is -4.66. The molecule has 1 atom stereocenters. The van der Waals surface area contributed by atoms with Gasteiger partial charge in [-0.3, -0.25) is 4.79 Å². The van der Waals surface area contributed by atoms with E-state index in [2.05, 4.69) is 5.32 Å². The van der Waals surface area contributed by atoms with Gasteiger partial charge in [-0.15, -0.1) is 0 Å². The molecule has 0 aliphatic carbocycles. The summed E-state index contributed by atoms with van der Waals surface area (Å²) in [5.74, 6) is 0.261. The number of sulfonamides is 1. The van der Waals surface area contributed by atoms with Crippen LogP contribution >= 0.6 is 0 Å². The first kappa shape index (κ1) is 21.1. The lowest BCUT2D eigenvalue weighted by Gasteiger charge is -2.25. The second-order valence-corrected chi connectivity index (χ2v) is 8.41. The van der Waals surface area contributed by atoms with Crippen molar-refractivity contribution in [1.29, 1.82) is 0 Å². The van der Waals surface area contributed by atoms with Crippen LogP contribution in [0.5, 0.6) is 5.75 Å². The van der Waals surface area contributed by atoms with Gasteiger partial charge in [0.05, 0.1) is 23.6 Å². The zero-order chi connectivity index (χ0) is 21.1. The van der Waals surface area contributed by atoms with Gasteiger partial charge < -0.3 is 10.1 Å². The molecule has 3 rings (SSSR count). The predicted molar refractivity (Wildman–Crippen MR) is 98.8 cm³/mol. The second-order valence-electron chi connectivity index (χ2n) is 6.64. The summed E-state index contributed by atoms with van der Waals surface area (Å²) >= 11 is 0. The molecule has 0 bridgehead atoms. The van der Waals surface area contributed by atoms with E-state index in [9.17, 15) is 26.4 Å². The van der Waals surface area contributed by atoms with Crippen LogP contribution in [0.1, 0.15) is 11.1 Å². The third-order valence-corrected chi connectivity index (χ3v) is 5.84. The summed E-state index contributed by atoms with van der Waals surface area (Å²) in [6.07, 6.45) is -3.95. The van der Waals surface area contributed by atoms with Gasteiger partial charge in [0.2, 0.25) is 15.9 Å². The minimum absolute atomic E-state index is 0.0360. The van der Waals surface area contributed by atoms with Gasteiger partial charge in [0.1, 0.15) is 5.75 Å². The van der Waals surface area contributed by atoms with E-state index >= 15 is 0 Å². The maximum absolute atomic E-state index is 12.8. The molecule has 1 unspecified atom stereocenters. The van der Waals surface area contributed by atoms with Crippen LogP contribution in [-0.4, -0.2) is 34.0 Å². The van der Waals surface area contributed by atoms with Crippen LogP contribution in [0.3, 0.4) is 0 Å². The number of halogens is 3. The second kappa shape index (κ2) is 8.42. The van der Waals surface area contributed by atoms with E-state index in [1.807, 2.05) is 29.0 Å². The van der Waals surface area contributed by atoms with Crippen LogP contribution in [0.25, 0.3) is 0 Å². The fraction of sp³-hybridized carbons (Fsp3) is 0.316. The Kier molecular flexibility index (Phi) is 6.13. The molecule has 29 heavy (non-hydrogen) atoms. The highest BCUT2D eigenvalue weighted by molar-refractivity contribution is 7.89. The Labute approximate surface area is 166 Å². The SMILES string of the molecule is O=C(CNS(=O)(=O)c1cccc(C(F)(F)F)c1)NCC1COc2ccccc2C1. The molecule has 1 amide bonds. The van der Waals surface area contributed by atoms with Gasteiger partial charge >= 0.3 is 6.18 Å². The predicted octanol–water partition coefficient (Wildman–Crippen LogP) is 2.35. The van der Waals surface area contributed by atoms with Crippen molar-refractivity contribution in [3.05, 3.63) is 59.7 Å². The van der Waals surface area contributed by atoms with Crippen LogP contribution in [0, 0.1) is 5.92 Å². The number of rotatable bonds is 6. The summed E-state index contributed by atoms with van der Waals surface area (Å²) < 4.78 is 70.3. The Morgan fingerprint density at radius 3 is 2.66 bits per heavy atom. The number of carbonyl (C=O) groups excluding carboxylic acids is 1. The molecular weight excluding hydrogens is 409 g/mol. The molecule has 10 heteroatoms. The Morgan fingerprint density at radius 1 is 1.14 bits per heavy atom. The lowest BCUT2D eigenvalue weighted by atomic mass is 9.97. The molecule has 1 heterocycles. The highest BCUT2D eigenvalue weighted by atomic mass is 32.2. The third-order valence-electron chi connectivity index (χ3n) is 4.44. The van der Waals surface area contributed by atoms with Gasteiger partial charge in [0.15, 0.2) is 0 Å². The van der Waals surface area contributed by atoms with Crippen molar-refractivity contribution in [3.8, 4) is 5.75 Å². The highest BCUT2D eigenvalue weighted by Gasteiger charge is 2.31. The number of fused-ring (bicyclic) bond motifs is 1. The molecule has 0 fully saturated rings. The number of carbonyl (C=O) groups is 1. The minimum Gasteiger partial charge on any atom is -0.493 e. The van der Waals surface area contributed by atoms with Crippen LogP contribution < -0.4 is 14.8 Å². The van der Waals surface area contributed by atoms with Gasteiger partial charge in [-0.2, -0.15) is 13.2 Å². The number of hydrogen-bond acceptors (Lipinski definition) is 4. The molecule has 2 aromatic carbocycles. The van der Waals surface area contributed by atoms with Gasteiger partial charge in [-0.25, -0.2) is 13.1 Å². The summed E-state index contributed by atoms with van der Waals surface area (Å²) in [4.78, 5) is 11.4. The van der Waals surface area contributed by atoms with Crippen molar-refractivity contribution in [2.45, 2.75) is 17.5 Å². The number of para-hydroxylation sites is 1. The normalized spacial score (nSPS) is 16.6. The fourth-order valence-corrected chi connectivity index (χ4v) is 3.95. The molecule has 1 aliphatic heterocycles. The third kappa shape index (κ3) is 5.48. The number of benzene rings is 2. The van der Waals surface area contributed by atoms with Gasteiger partial charge in [0, 0.05) is 12.5 Å². The van der Waals surface area contributed by atoms with E-state index < -0.39 is 39.1 Å². The maximum atomic E-state index is 12.8. The van der Waals surface area contributed by atoms with Crippen LogP contribution in [0.4, 0.5) is 13.2 Å².